The minimum Gasteiger partial charge on any atom is -0.320 e. The Labute approximate surface area is 105 Å². The first-order chi connectivity index (χ1) is 8.69. The third-order valence-corrected chi connectivity index (χ3v) is 2.42. The molecule has 0 radical (unpaired) electrons. The zero-order valence-electron chi connectivity index (χ0n) is 9.91. The summed E-state index contributed by atoms with van der Waals surface area (Å²) in [5, 5.41) is 7.94. The summed E-state index contributed by atoms with van der Waals surface area (Å²) < 4.78 is 0. The number of hydrogen-bond acceptors (Lipinski definition) is 4. The lowest BCUT2D eigenvalue weighted by Crippen LogP contribution is -2.16. The van der Waals surface area contributed by atoms with Crippen LogP contribution < -0.4 is 0 Å². The molecule has 1 aromatic carbocycles. The van der Waals surface area contributed by atoms with Gasteiger partial charge < -0.3 is 4.90 Å². The van der Waals surface area contributed by atoms with Gasteiger partial charge in [0.25, 0.3) is 0 Å². The van der Waals surface area contributed by atoms with Crippen molar-refractivity contribution in [3.8, 4) is 0 Å². The van der Waals surface area contributed by atoms with Gasteiger partial charge in [-0.3, -0.25) is 9.68 Å². The number of carbonyl (C=O) groups is 2. The lowest BCUT2D eigenvalue weighted by atomic mass is 10.2. The molecule has 1 heterocycles. The normalized spacial score (nSPS) is 13.6. The number of likely N-dealkylation sites (tertiary alicyclic amines) is 1. The Morgan fingerprint density at radius 2 is 2.06 bits per heavy atom. The van der Waals surface area contributed by atoms with Crippen molar-refractivity contribution >= 4 is 11.9 Å². The van der Waals surface area contributed by atoms with Crippen LogP contribution in [0.25, 0.3) is 0 Å². The van der Waals surface area contributed by atoms with Crippen LogP contribution in [-0.4, -0.2) is 28.6 Å². The highest BCUT2D eigenvalue weighted by atomic mass is 17.1. The van der Waals surface area contributed by atoms with Crippen molar-refractivity contribution in [2.45, 2.75) is 12.8 Å². The van der Waals surface area contributed by atoms with E-state index in [9.17, 15) is 9.59 Å². The summed E-state index contributed by atoms with van der Waals surface area (Å²) in [6, 6.07) is 8.25. The van der Waals surface area contributed by atoms with Gasteiger partial charge >= 0.3 is 5.97 Å². The van der Waals surface area contributed by atoms with E-state index in [0.717, 1.165) is 13.0 Å². The summed E-state index contributed by atoms with van der Waals surface area (Å²) in [6.45, 7) is 4.36. The first kappa shape index (κ1) is 13.9. The summed E-state index contributed by atoms with van der Waals surface area (Å²) in [5.41, 5.74) is 0.338. The molecule has 0 atom stereocenters. The predicted molar refractivity (Wildman–Crippen MR) is 65.6 cm³/mol. The number of nitrogens with zero attached hydrogens (tertiary/aromatic N) is 1. The SMILES string of the molecule is C=CN1CCCC1=O.O=C(OO)c1ccccc1. The third-order valence-electron chi connectivity index (χ3n) is 2.42. The maximum Gasteiger partial charge on any atom is 0.372 e. The van der Waals surface area contributed by atoms with Crippen LogP contribution >= 0.6 is 0 Å². The zero-order chi connectivity index (χ0) is 13.4. The van der Waals surface area contributed by atoms with Gasteiger partial charge in [-0.25, -0.2) is 4.79 Å². The Balaban J connectivity index is 0.000000184. The van der Waals surface area contributed by atoms with Crippen molar-refractivity contribution in [1.29, 1.82) is 0 Å². The fraction of sp³-hybridized carbons (Fsp3) is 0.231. The fourth-order valence-corrected chi connectivity index (χ4v) is 1.49. The van der Waals surface area contributed by atoms with E-state index < -0.39 is 5.97 Å². The average Bonchev–Trinajstić information content (AvgIpc) is 2.85. The number of hydrogen-bond donors (Lipinski definition) is 1. The highest BCUT2D eigenvalue weighted by Crippen LogP contribution is 2.08. The lowest BCUT2D eigenvalue weighted by molar-refractivity contribution is -0.182. The Morgan fingerprint density at radius 1 is 1.39 bits per heavy atom. The van der Waals surface area contributed by atoms with E-state index in [1.807, 2.05) is 0 Å². The average molecular weight is 249 g/mol. The monoisotopic (exact) mass is 249 g/mol. The first-order valence-corrected chi connectivity index (χ1v) is 5.52. The van der Waals surface area contributed by atoms with Crippen molar-refractivity contribution in [2.75, 3.05) is 6.54 Å². The molecule has 0 aromatic heterocycles. The minimum atomic E-state index is -0.736. The van der Waals surface area contributed by atoms with Crippen molar-refractivity contribution in [3.05, 3.63) is 48.7 Å². The van der Waals surface area contributed by atoms with Crippen LogP contribution in [0.2, 0.25) is 0 Å². The van der Waals surface area contributed by atoms with Crippen LogP contribution in [0.3, 0.4) is 0 Å². The van der Waals surface area contributed by atoms with E-state index in [4.69, 9.17) is 5.26 Å². The van der Waals surface area contributed by atoms with Gasteiger partial charge in [-0.1, -0.05) is 24.8 Å². The van der Waals surface area contributed by atoms with Crippen molar-refractivity contribution in [3.63, 3.8) is 0 Å². The van der Waals surface area contributed by atoms with Gasteiger partial charge in [0, 0.05) is 13.0 Å². The second kappa shape index (κ2) is 7.24. The standard InChI is InChI=1S/C7H6O3.C6H9NO/c8-7(10-9)6-4-2-1-3-5-6;1-2-7-5-3-4-6(7)8/h1-5,9H;2H,1,3-5H2. The van der Waals surface area contributed by atoms with Crippen molar-refractivity contribution in [1.82, 2.24) is 4.90 Å². The van der Waals surface area contributed by atoms with Crippen molar-refractivity contribution < 1.29 is 19.7 Å². The van der Waals surface area contributed by atoms with E-state index >= 15 is 0 Å². The molecule has 1 N–H and O–H groups in total. The second-order valence-corrected chi connectivity index (χ2v) is 3.62. The van der Waals surface area contributed by atoms with Crippen LogP contribution in [0.4, 0.5) is 0 Å². The van der Waals surface area contributed by atoms with Crippen LogP contribution in [0, 0.1) is 0 Å². The van der Waals surface area contributed by atoms with E-state index in [-0.39, 0.29) is 5.91 Å². The molecule has 18 heavy (non-hydrogen) atoms. The molecule has 0 saturated carbocycles. The maximum absolute atomic E-state index is 10.7. The van der Waals surface area contributed by atoms with Gasteiger partial charge in [0.15, 0.2) is 0 Å². The molecule has 1 aromatic rings. The summed E-state index contributed by atoms with van der Waals surface area (Å²) in [5.74, 6) is -0.527. The quantitative estimate of drug-likeness (QED) is 0.643. The molecule has 0 spiro atoms. The minimum absolute atomic E-state index is 0.208. The van der Waals surface area contributed by atoms with E-state index in [1.165, 1.54) is 0 Å². The smallest absolute Gasteiger partial charge is 0.320 e. The van der Waals surface area contributed by atoms with Gasteiger partial charge in [0.1, 0.15) is 0 Å². The number of benzene rings is 1. The first-order valence-electron chi connectivity index (χ1n) is 5.52. The van der Waals surface area contributed by atoms with Gasteiger partial charge in [-0.05, 0) is 24.8 Å². The molecule has 1 aliphatic heterocycles. The highest BCUT2D eigenvalue weighted by molar-refractivity contribution is 5.88. The van der Waals surface area contributed by atoms with Crippen molar-refractivity contribution in [2.24, 2.45) is 0 Å². The molecule has 0 bridgehead atoms. The van der Waals surface area contributed by atoms with E-state index in [0.29, 0.717) is 12.0 Å². The summed E-state index contributed by atoms with van der Waals surface area (Å²) in [4.78, 5) is 26.4. The highest BCUT2D eigenvalue weighted by Gasteiger charge is 2.15. The van der Waals surface area contributed by atoms with Crippen LogP contribution in [-0.2, 0) is 9.68 Å². The molecule has 5 nitrogen and oxygen atoms in total. The van der Waals surface area contributed by atoms with Gasteiger partial charge in [0.05, 0.1) is 5.56 Å². The molecule has 1 saturated heterocycles. The Bertz CT molecular complexity index is 416. The molecule has 1 amide bonds. The molecule has 96 valence electrons. The fourth-order valence-electron chi connectivity index (χ4n) is 1.49. The van der Waals surface area contributed by atoms with Gasteiger partial charge in [-0.15, -0.1) is 0 Å². The molecular formula is C13H15NO4. The molecule has 1 fully saturated rings. The molecular weight excluding hydrogens is 234 g/mol. The van der Waals surface area contributed by atoms with Crippen LogP contribution in [0.15, 0.2) is 43.1 Å². The van der Waals surface area contributed by atoms with Crippen LogP contribution in [0.5, 0.6) is 0 Å². The lowest BCUT2D eigenvalue weighted by Gasteiger charge is -2.05. The van der Waals surface area contributed by atoms with Gasteiger partial charge in [0.2, 0.25) is 5.91 Å². The van der Waals surface area contributed by atoms with E-state index in [2.05, 4.69) is 11.5 Å². The number of rotatable bonds is 2. The Morgan fingerprint density at radius 3 is 2.44 bits per heavy atom. The second-order valence-electron chi connectivity index (χ2n) is 3.62. The predicted octanol–water partition coefficient (Wildman–Crippen LogP) is 2.07. The summed E-state index contributed by atoms with van der Waals surface area (Å²) in [7, 11) is 0. The summed E-state index contributed by atoms with van der Waals surface area (Å²) >= 11 is 0. The van der Waals surface area contributed by atoms with E-state index in [1.54, 1.807) is 41.4 Å². The molecule has 5 heteroatoms. The molecule has 2 rings (SSSR count). The Kier molecular flexibility index (Phi) is 5.60. The van der Waals surface area contributed by atoms with Gasteiger partial charge in [-0.2, -0.15) is 5.26 Å². The Hall–Kier alpha value is -2.14. The number of carbonyl (C=O) groups excluding carboxylic acids is 2. The molecule has 1 aliphatic rings. The maximum atomic E-state index is 10.7. The number of amides is 1. The topological polar surface area (TPSA) is 66.8 Å². The zero-order valence-corrected chi connectivity index (χ0v) is 9.91. The molecule has 0 unspecified atom stereocenters. The molecule has 0 aliphatic carbocycles. The van der Waals surface area contributed by atoms with Crippen LogP contribution in [0.1, 0.15) is 23.2 Å². The third kappa shape index (κ3) is 4.03. The largest absolute Gasteiger partial charge is 0.372 e. The summed E-state index contributed by atoms with van der Waals surface area (Å²) in [6.07, 6.45) is 3.28.